The molecular weight excluding hydrogens is 320 g/mol. The van der Waals surface area contributed by atoms with Crippen molar-refractivity contribution in [1.29, 1.82) is 0 Å². The zero-order valence-corrected chi connectivity index (χ0v) is 11.2. The third-order valence-corrected chi connectivity index (χ3v) is 3.60. The van der Waals surface area contributed by atoms with Gasteiger partial charge in [0.1, 0.15) is 10.7 Å². The Bertz CT molecular complexity index is 619. The number of nitrogens with two attached hydrogens (primary N) is 1. The molecule has 102 valence electrons. The summed E-state index contributed by atoms with van der Waals surface area (Å²) in [7, 11) is 0. The van der Waals surface area contributed by atoms with Crippen molar-refractivity contribution >= 4 is 32.8 Å². The van der Waals surface area contributed by atoms with Gasteiger partial charge in [-0.3, -0.25) is 0 Å². The number of aliphatic hydroxyl groups is 2. The Kier molecular flexibility index (Phi) is 3.09. The van der Waals surface area contributed by atoms with Crippen LogP contribution in [0.2, 0.25) is 0 Å². The number of fused-ring (bicyclic) bond motifs is 1. The monoisotopic (exact) mass is 330 g/mol. The lowest BCUT2D eigenvalue weighted by Crippen LogP contribution is -2.24. The molecule has 1 aliphatic heterocycles. The maximum absolute atomic E-state index is 9.74. The molecule has 1 saturated heterocycles. The molecule has 2 aromatic heterocycles. The predicted octanol–water partition coefficient (Wildman–Crippen LogP) is -0.793. The molecule has 1 unspecified atom stereocenters. The number of rotatable bonds is 2. The molecule has 0 aromatic carbocycles. The quantitative estimate of drug-likeness (QED) is 0.652. The van der Waals surface area contributed by atoms with Crippen LogP contribution in [0.3, 0.4) is 0 Å². The second kappa shape index (κ2) is 4.63. The summed E-state index contributed by atoms with van der Waals surface area (Å²) in [6.07, 6.45) is -1.61. The second-order valence-corrected chi connectivity index (χ2v) is 4.97. The zero-order valence-electron chi connectivity index (χ0n) is 9.64. The summed E-state index contributed by atoms with van der Waals surface area (Å²) in [6.45, 7) is -0.257. The molecular formula is C9H11BrN6O3. The van der Waals surface area contributed by atoms with Crippen molar-refractivity contribution in [2.75, 3.05) is 12.3 Å². The normalized spacial score (nSPS) is 27.2. The number of anilines is 1. The maximum Gasteiger partial charge on any atom is 0.189 e. The van der Waals surface area contributed by atoms with Crippen LogP contribution in [0.1, 0.15) is 12.6 Å². The molecule has 10 heteroatoms. The first-order valence-corrected chi connectivity index (χ1v) is 6.38. The molecule has 0 saturated carbocycles. The van der Waals surface area contributed by atoms with Gasteiger partial charge in [0, 0.05) is 6.42 Å². The van der Waals surface area contributed by atoms with Crippen LogP contribution in [0.25, 0.3) is 11.0 Å². The van der Waals surface area contributed by atoms with E-state index in [0.29, 0.717) is 22.1 Å². The van der Waals surface area contributed by atoms with Crippen LogP contribution < -0.4 is 5.73 Å². The van der Waals surface area contributed by atoms with Crippen molar-refractivity contribution in [1.82, 2.24) is 25.2 Å². The number of hydrogen-bond donors (Lipinski definition) is 3. The fourth-order valence-corrected chi connectivity index (χ4v) is 2.66. The minimum atomic E-state index is -0.750. The third-order valence-electron chi connectivity index (χ3n) is 3.05. The maximum atomic E-state index is 9.74. The Morgan fingerprint density at radius 2 is 2.26 bits per heavy atom. The number of aromatic nitrogens is 5. The van der Waals surface area contributed by atoms with E-state index in [1.807, 2.05) is 0 Å². The summed E-state index contributed by atoms with van der Waals surface area (Å²) >= 11 is 3.28. The highest BCUT2D eigenvalue weighted by molar-refractivity contribution is 9.10. The molecule has 0 aliphatic carbocycles. The van der Waals surface area contributed by atoms with Crippen LogP contribution >= 0.6 is 15.9 Å². The van der Waals surface area contributed by atoms with E-state index in [-0.39, 0.29) is 12.4 Å². The highest BCUT2D eigenvalue weighted by Crippen LogP contribution is 2.33. The van der Waals surface area contributed by atoms with Crippen LogP contribution in [0.5, 0.6) is 0 Å². The average Bonchev–Trinajstić information content (AvgIpc) is 2.91. The smallest absolute Gasteiger partial charge is 0.189 e. The van der Waals surface area contributed by atoms with Gasteiger partial charge in [-0.15, -0.1) is 10.2 Å². The molecule has 19 heavy (non-hydrogen) atoms. The number of nitrogens with zero attached hydrogens (tertiary/aromatic N) is 5. The van der Waals surface area contributed by atoms with Crippen molar-refractivity contribution in [3.8, 4) is 0 Å². The molecule has 1 aliphatic rings. The van der Waals surface area contributed by atoms with E-state index in [0.717, 1.165) is 0 Å². The molecule has 0 spiro atoms. The van der Waals surface area contributed by atoms with E-state index in [2.05, 4.69) is 36.4 Å². The highest BCUT2D eigenvalue weighted by Gasteiger charge is 2.36. The van der Waals surface area contributed by atoms with Gasteiger partial charge in [0.2, 0.25) is 0 Å². The molecule has 0 radical (unpaired) electrons. The van der Waals surface area contributed by atoms with E-state index < -0.39 is 18.4 Å². The van der Waals surface area contributed by atoms with Gasteiger partial charge in [0.15, 0.2) is 17.7 Å². The van der Waals surface area contributed by atoms with E-state index in [4.69, 9.17) is 15.6 Å². The van der Waals surface area contributed by atoms with E-state index >= 15 is 0 Å². The van der Waals surface area contributed by atoms with Gasteiger partial charge >= 0.3 is 0 Å². The van der Waals surface area contributed by atoms with Gasteiger partial charge in [0.05, 0.1) is 18.1 Å². The van der Waals surface area contributed by atoms with Crippen LogP contribution in [-0.2, 0) is 4.74 Å². The predicted molar refractivity (Wildman–Crippen MR) is 66.9 cm³/mol. The van der Waals surface area contributed by atoms with Gasteiger partial charge in [-0.1, -0.05) is 0 Å². The van der Waals surface area contributed by atoms with Gasteiger partial charge < -0.3 is 20.7 Å². The van der Waals surface area contributed by atoms with Crippen molar-refractivity contribution in [3.05, 3.63) is 4.60 Å². The molecule has 1 fully saturated rings. The largest absolute Gasteiger partial charge is 0.394 e. The van der Waals surface area contributed by atoms with Crippen molar-refractivity contribution in [2.45, 2.75) is 24.9 Å². The summed E-state index contributed by atoms with van der Waals surface area (Å²) in [5, 5.41) is 34.7. The minimum absolute atomic E-state index is 0.209. The van der Waals surface area contributed by atoms with Crippen LogP contribution in [0.15, 0.2) is 4.60 Å². The van der Waals surface area contributed by atoms with Crippen molar-refractivity contribution < 1.29 is 14.9 Å². The first-order chi connectivity index (χ1) is 9.11. The molecule has 3 heterocycles. The van der Waals surface area contributed by atoms with Gasteiger partial charge in [-0.05, 0) is 21.1 Å². The number of aliphatic hydroxyl groups excluding tert-OH is 2. The van der Waals surface area contributed by atoms with Gasteiger partial charge in [0.25, 0.3) is 0 Å². The van der Waals surface area contributed by atoms with E-state index in [1.54, 1.807) is 0 Å². The summed E-state index contributed by atoms with van der Waals surface area (Å²) in [5.74, 6) is 0.209. The third kappa shape index (κ3) is 1.96. The van der Waals surface area contributed by atoms with E-state index in [1.165, 1.54) is 4.68 Å². The molecule has 0 bridgehead atoms. The number of ether oxygens (including phenoxy) is 1. The first kappa shape index (κ1) is 12.7. The van der Waals surface area contributed by atoms with Crippen LogP contribution in [0.4, 0.5) is 5.82 Å². The topological polar surface area (TPSA) is 132 Å². The van der Waals surface area contributed by atoms with Crippen molar-refractivity contribution in [2.24, 2.45) is 0 Å². The lowest BCUT2D eigenvalue weighted by molar-refractivity contribution is -0.0471. The van der Waals surface area contributed by atoms with E-state index in [9.17, 15) is 5.11 Å². The molecule has 4 N–H and O–H groups in total. The number of halogens is 1. The SMILES string of the molecule is Nc1nnnc2c1c(Br)nn2C1C[C@H](O)[C@@H](CO)O1. The van der Waals surface area contributed by atoms with Crippen LogP contribution in [-0.4, -0.2) is 54.2 Å². The zero-order chi connectivity index (χ0) is 13.6. The molecule has 9 nitrogen and oxygen atoms in total. The summed E-state index contributed by atoms with van der Waals surface area (Å²) < 4.78 is 7.48. The second-order valence-electron chi connectivity index (χ2n) is 4.22. The lowest BCUT2D eigenvalue weighted by Gasteiger charge is -2.12. The Balaban J connectivity index is 2.05. The summed E-state index contributed by atoms with van der Waals surface area (Å²) in [6, 6.07) is 0. The van der Waals surface area contributed by atoms with Crippen molar-refractivity contribution in [3.63, 3.8) is 0 Å². The highest BCUT2D eigenvalue weighted by atomic mass is 79.9. The Morgan fingerprint density at radius 1 is 1.47 bits per heavy atom. The Morgan fingerprint density at radius 3 is 2.95 bits per heavy atom. The summed E-state index contributed by atoms with van der Waals surface area (Å²) in [5.41, 5.74) is 6.13. The average molecular weight is 331 g/mol. The number of hydrogen-bond acceptors (Lipinski definition) is 8. The van der Waals surface area contributed by atoms with Gasteiger partial charge in [-0.25, -0.2) is 4.68 Å². The molecule has 3 atom stereocenters. The van der Waals surface area contributed by atoms with Crippen LogP contribution in [0, 0.1) is 0 Å². The fraction of sp³-hybridized carbons (Fsp3) is 0.556. The minimum Gasteiger partial charge on any atom is -0.394 e. The number of nitrogen functional groups attached to an aromatic ring is 1. The lowest BCUT2D eigenvalue weighted by atomic mass is 10.2. The Labute approximate surface area is 115 Å². The van der Waals surface area contributed by atoms with Gasteiger partial charge in [-0.2, -0.15) is 5.10 Å². The Hall–Kier alpha value is -1.36. The molecule has 2 aromatic rings. The first-order valence-electron chi connectivity index (χ1n) is 5.58. The molecule has 3 rings (SSSR count). The summed E-state index contributed by atoms with van der Waals surface area (Å²) in [4.78, 5) is 0. The molecule has 0 amide bonds. The standard InChI is InChI=1S/C9H11BrN6O3/c10-7-6-8(11)12-15-13-9(6)16(14-7)5-1-3(18)4(2-17)19-5/h3-5,17-18H,1-2H2,(H2,11,12,13)/t3-,4+,5?/m0/s1. The fourth-order valence-electron chi connectivity index (χ4n) is 2.11.